The van der Waals surface area contributed by atoms with Gasteiger partial charge in [-0.3, -0.25) is 9.59 Å². The summed E-state index contributed by atoms with van der Waals surface area (Å²) in [5, 5.41) is 3.99. The quantitative estimate of drug-likeness (QED) is 0.228. The minimum atomic E-state index is -0.597. The summed E-state index contributed by atoms with van der Waals surface area (Å²) in [4.78, 5) is 42.5. The van der Waals surface area contributed by atoms with Crippen molar-refractivity contribution < 1.29 is 23.5 Å². The zero-order valence-corrected chi connectivity index (χ0v) is 23.6. The summed E-state index contributed by atoms with van der Waals surface area (Å²) in [7, 11) is 3.01. The summed E-state index contributed by atoms with van der Waals surface area (Å²) in [6.07, 6.45) is 6.11. The number of likely N-dealkylation sites (N-methyl/N-ethyl adjacent to an activating group) is 1. The highest BCUT2D eigenvalue weighted by Crippen LogP contribution is 2.38. The van der Waals surface area contributed by atoms with E-state index in [-0.39, 0.29) is 18.6 Å². The van der Waals surface area contributed by atoms with Gasteiger partial charge in [-0.2, -0.15) is 9.97 Å². The minimum absolute atomic E-state index is 0.0651. The van der Waals surface area contributed by atoms with Crippen LogP contribution in [0.15, 0.2) is 47.0 Å². The number of nitrogens with zero attached hydrogens (tertiary/aromatic N) is 4. The summed E-state index contributed by atoms with van der Waals surface area (Å²) in [6.45, 7) is 1.63. The average molecular weight is 570 g/mol. The van der Waals surface area contributed by atoms with E-state index in [2.05, 4.69) is 15.3 Å². The Morgan fingerprint density at radius 1 is 1.14 bits per heavy atom. The fourth-order valence-electron chi connectivity index (χ4n) is 5.31. The molecule has 3 aromatic heterocycles. The number of benzene rings is 2. The number of oxazole rings is 1. The van der Waals surface area contributed by atoms with Gasteiger partial charge >= 0.3 is 0 Å². The summed E-state index contributed by atoms with van der Waals surface area (Å²) >= 11 is 0. The van der Waals surface area contributed by atoms with E-state index in [0.717, 1.165) is 47.7 Å². The van der Waals surface area contributed by atoms with Gasteiger partial charge in [0.2, 0.25) is 17.7 Å². The molecule has 0 bridgehead atoms. The second-order valence-electron chi connectivity index (χ2n) is 10.4. The number of H-pyrrole nitrogens is 1. The maximum Gasteiger partial charge on any atom is 0.254 e. The van der Waals surface area contributed by atoms with E-state index in [1.807, 2.05) is 31.3 Å². The number of amides is 2. The molecule has 3 heterocycles. The Morgan fingerprint density at radius 3 is 2.71 bits per heavy atom. The van der Waals surface area contributed by atoms with Crippen molar-refractivity contribution in [3.63, 3.8) is 0 Å². The minimum Gasteiger partial charge on any atom is -0.495 e. The van der Waals surface area contributed by atoms with Crippen molar-refractivity contribution in [2.45, 2.75) is 38.7 Å². The molecule has 1 aliphatic rings. The Morgan fingerprint density at radius 2 is 1.95 bits per heavy atom. The van der Waals surface area contributed by atoms with E-state index >= 15 is 0 Å². The molecule has 0 unspecified atom stereocenters. The molecule has 1 saturated carbocycles. The Labute approximate surface area is 241 Å². The van der Waals surface area contributed by atoms with Crippen LogP contribution in [-0.4, -0.2) is 63.5 Å². The Balaban J connectivity index is 1.36. The van der Waals surface area contributed by atoms with Gasteiger partial charge in [0.15, 0.2) is 11.5 Å². The standard InChI is InChI=1S/C30H31N7O5/c1-16-33-22-10-8-17(12-24(22)41-16)20-14-32-27-26(20)28(42-19-6-4-5-7-19)36-30(35-27)34-21-11-9-18(13-23(21)40-3)29(39)37(2)15-25(31)38/h8-14,19H,4-7,15H2,1-3H3,(H2,31,38)(H2,32,34,35,36). The van der Waals surface area contributed by atoms with Crippen LogP contribution in [0.2, 0.25) is 0 Å². The molecule has 12 nitrogen and oxygen atoms in total. The predicted octanol–water partition coefficient (Wildman–Crippen LogP) is 4.71. The smallest absolute Gasteiger partial charge is 0.254 e. The zero-order valence-electron chi connectivity index (χ0n) is 23.6. The molecule has 2 amide bonds. The first-order chi connectivity index (χ1) is 20.3. The number of aromatic amines is 1. The van der Waals surface area contributed by atoms with Crippen molar-refractivity contribution in [1.29, 1.82) is 0 Å². The van der Waals surface area contributed by atoms with E-state index < -0.39 is 5.91 Å². The molecule has 1 fully saturated rings. The molecule has 6 rings (SSSR count). The average Bonchev–Trinajstić information content (AvgIpc) is 3.71. The number of nitrogens with one attached hydrogen (secondary N) is 2. The number of primary amides is 1. The Hall–Kier alpha value is -5.13. The third-order valence-corrected chi connectivity index (χ3v) is 7.32. The van der Waals surface area contributed by atoms with Crippen molar-refractivity contribution in [3.8, 4) is 22.8 Å². The number of ether oxygens (including phenoxy) is 2. The highest BCUT2D eigenvalue weighted by molar-refractivity contribution is 5.99. The molecular formula is C30H31N7O5. The van der Waals surface area contributed by atoms with Crippen LogP contribution in [0.5, 0.6) is 11.6 Å². The largest absolute Gasteiger partial charge is 0.495 e. The summed E-state index contributed by atoms with van der Waals surface area (Å²) in [6, 6.07) is 10.8. The second kappa shape index (κ2) is 11.0. The summed E-state index contributed by atoms with van der Waals surface area (Å²) in [5.74, 6) is 0.822. The number of rotatable bonds is 9. The van der Waals surface area contributed by atoms with Gasteiger partial charge in [0.25, 0.3) is 5.91 Å². The van der Waals surface area contributed by atoms with Crippen LogP contribution in [0.1, 0.15) is 41.9 Å². The summed E-state index contributed by atoms with van der Waals surface area (Å²) in [5.41, 5.74) is 10.0. The molecule has 0 radical (unpaired) electrons. The lowest BCUT2D eigenvalue weighted by Crippen LogP contribution is -2.35. The molecule has 0 saturated heterocycles. The maximum atomic E-state index is 12.8. The van der Waals surface area contributed by atoms with Gasteiger partial charge < -0.3 is 34.8 Å². The van der Waals surface area contributed by atoms with Gasteiger partial charge in [0.1, 0.15) is 23.0 Å². The maximum absolute atomic E-state index is 12.8. The number of carbonyl (C=O) groups excluding carboxylic acids is 2. The molecule has 5 aromatic rings. The number of fused-ring (bicyclic) bond motifs is 2. The van der Waals surface area contributed by atoms with E-state index in [0.29, 0.717) is 45.9 Å². The lowest BCUT2D eigenvalue weighted by atomic mass is 10.1. The van der Waals surface area contributed by atoms with Gasteiger partial charge in [0.05, 0.1) is 24.7 Å². The van der Waals surface area contributed by atoms with Gasteiger partial charge in [-0.25, -0.2) is 4.98 Å². The highest BCUT2D eigenvalue weighted by atomic mass is 16.5. The Kier molecular flexibility index (Phi) is 7.11. The monoisotopic (exact) mass is 569 g/mol. The summed E-state index contributed by atoms with van der Waals surface area (Å²) < 4.78 is 17.8. The van der Waals surface area contributed by atoms with Crippen molar-refractivity contribution in [2.75, 3.05) is 26.0 Å². The predicted molar refractivity (Wildman–Crippen MR) is 157 cm³/mol. The van der Waals surface area contributed by atoms with E-state index in [9.17, 15) is 9.59 Å². The van der Waals surface area contributed by atoms with Gasteiger partial charge in [-0.15, -0.1) is 0 Å². The number of methoxy groups -OCH3 is 1. The first kappa shape index (κ1) is 27.1. The molecule has 1 aliphatic carbocycles. The number of aromatic nitrogens is 4. The lowest BCUT2D eigenvalue weighted by Gasteiger charge is -2.17. The number of anilines is 2. The topological polar surface area (TPSA) is 161 Å². The zero-order chi connectivity index (χ0) is 29.4. The lowest BCUT2D eigenvalue weighted by molar-refractivity contribution is -0.118. The molecule has 42 heavy (non-hydrogen) atoms. The van der Waals surface area contributed by atoms with E-state index in [1.54, 1.807) is 18.2 Å². The SMILES string of the molecule is COc1cc(C(=O)N(C)CC(N)=O)ccc1Nc1nc(OC2CCCC2)c2c(-c3ccc4nc(C)oc4c3)c[nH]c2n1. The fourth-order valence-corrected chi connectivity index (χ4v) is 5.31. The van der Waals surface area contributed by atoms with Gasteiger partial charge in [0, 0.05) is 31.3 Å². The number of hydrogen-bond donors (Lipinski definition) is 3. The van der Waals surface area contributed by atoms with Gasteiger partial charge in [-0.1, -0.05) is 6.07 Å². The number of hydrogen-bond acceptors (Lipinski definition) is 9. The molecule has 12 heteroatoms. The first-order valence-corrected chi connectivity index (χ1v) is 13.7. The molecule has 0 atom stereocenters. The second-order valence-corrected chi connectivity index (χ2v) is 10.4. The molecule has 0 aliphatic heterocycles. The van der Waals surface area contributed by atoms with Crippen LogP contribution < -0.4 is 20.5 Å². The molecule has 2 aromatic carbocycles. The van der Waals surface area contributed by atoms with Crippen molar-refractivity contribution in [3.05, 3.63) is 54.0 Å². The van der Waals surface area contributed by atoms with E-state index in [4.69, 9.17) is 29.6 Å². The fraction of sp³-hybridized carbons (Fsp3) is 0.300. The highest BCUT2D eigenvalue weighted by Gasteiger charge is 2.23. The van der Waals surface area contributed by atoms with E-state index in [1.165, 1.54) is 19.1 Å². The van der Waals surface area contributed by atoms with Crippen LogP contribution >= 0.6 is 0 Å². The molecule has 4 N–H and O–H groups in total. The number of carbonyl (C=O) groups is 2. The third-order valence-electron chi connectivity index (χ3n) is 7.32. The first-order valence-electron chi connectivity index (χ1n) is 13.7. The van der Waals surface area contributed by atoms with Crippen LogP contribution in [0.25, 0.3) is 33.3 Å². The number of nitrogens with two attached hydrogens (primary N) is 1. The van der Waals surface area contributed by atoms with Gasteiger partial charge in [-0.05, 0) is 61.6 Å². The van der Waals surface area contributed by atoms with Crippen molar-refractivity contribution >= 4 is 45.6 Å². The van der Waals surface area contributed by atoms with Crippen LogP contribution in [0, 0.1) is 6.92 Å². The normalized spacial score (nSPS) is 13.5. The van der Waals surface area contributed by atoms with Crippen molar-refractivity contribution in [1.82, 2.24) is 24.8 Å². The third kappa shape index (κ3) is 5.30. The Bertz CT molecular complexity index is 1810. The molecule has 0 spiro atoms. The van der Waals surface area contributed by atoms with Crippen molar-refractivity contribution in [2.24, 2.45) is 5.73 Å². The molecular weight excluding hydrogens is 538 g/mol. The number of aryl methyl sites for hydroxylation is 1. The van der Waals surface area contributed by atoms with Crippen LogP contribution in [0.4, 0.5) is 11.6 Å². The molecule has 216 valence electrons. The van der Waals surface area contributed by atoms with Crippen LogP contribution in [0.3, 0.4) is 0 Å². The van der Waals surface area contributed by atoms with Crippen LogP contribution in [-0.2, 0) is 4.79 Å².